The number of guanidine groups is 1. The van der Waals surface area contributed by atoms with Gasteiger partial charge >= 0.3 is 0 Å². The van der Waals surface area contributed by atoms with Gasteiger partial charge in [0.15, 0.2) is 5.96 Å². The van der Waals surface area contributed by atoms with Gasteiger partial charge in [-0.15, -0.1) is 35.3 Å². The second kappa shape index (κ2) is 10.4. The molecule has 1 heterocycles. The van der Waals surface area contributed by atoms with Gasteiger partial charge in [-0.25, -0.2) is 0 Å². The molecule has 0 aromatic carbocycles. The number of halogens is 1. The average Bonchev–Trinajstić information content (AvgIpc) is 2.91. The number of hydrogen-bond acceptors (Lipinski definition) is 3. The highest BCUT2D eigenvalue weighted by Gasteiger charge is 2.16. The molecule has 0 radical (unpaired) electrons. The van der Waals surface area contributed by atoms with Crippen LogP contribution in [0.25, 0.3) is 0 Å². The Kier molecular flexibility index (Phi) is 10.2. The number of rotatable bonds is 7. The fraction of sp³-hybridized carbons (Fsp3) is 0.667. The molecule has 4 nitrogen and oxygen atoms in total. The minimum Gasteiger partial charge on any atom is -0.377 e. The molecule has 0 bridgehead atoms. The maximum Gasteiger partial charge on any atom is 0.191 e. The quantitative estimate of drug-likeness (QED) is 0.401. The SMILES string of the molecule is CN=C(NCC(C)Cc1cccs1)NCC(C)(C)OC.I. The molecule has 0 fully saturated rings. The first-order valence-corrected chi connectivity index (χ1v) is 7.87. The summed E-state index contributed by atoms with van der Waals surface area (Å²) in [4.78, 5) is 5.67. The van der Waals surface area contributed by atoms with Crippen LogP contribution in [0.1, 0.15) is 25.6 Å². The standard InChI is InChI=1S/C15H27N3OS.HI/c1-12(9-13-7-6-8-20-13)10-17-14(16-4)18-11-15(2,3)19-5;/h6-8,12H,9-11H2,1-5H3,(H2,16,17,18);1H. The maximum atomic E-state index is 5.38. The molecule has 0 saturated carbocycles. The predicted octanol–water partition coefficient (Wildman–Crippen LogP) is 3.13. The third-order valence-corrected chi connectivity index (χ3v) is 4.10. The largest absolute Gasteiger partial charge is 0.377 e. The van der Waals surface area contributed by atoms with Gasteiger partial charge in [0.25, 0.3) is 0 Å². The number of nitrogens with one attached hydrogen (secondary N) is 2. The zero-order valence-corrected chi connectivity index (χ0v) is 16.7. The molecule has 0 aliphatic heterocycles. The summed E-state index contributed by atoms with van der Waals surface area (Å²) in [6, 6.07) is 4.29. The monoisotopic (exact) mass is 425 g/mol. The summed E-state index contributed by atoms with van der Waals surface area (Å²) in [6.07, 6.45) is 1.10. The van der Waals surface area contributed by atoms with Gasteiger partial charge in [-0.1, -0.05) is 13.0 Å². The summed E-state index contributed by atoms with van der Waals surface area (Å²) in [5.74, 6) is 1.40. The normalized spacial score (nSPS) is 13.5. The zero-order chi connectivity index (χ0) is 15.0. The Balaban J connectivity index is 0.00000400. The van der Waals surface area contributed by atoms with Crippen molar-refractivity contribution in [3.63, 3.8) is 0 Å². The first-order chi connectivity index (χ1) is 9.46. The predicted molar refractivity (Wildman–Crippen MR) is 103 cm³/mol. The first-order valence-electron chi connectivity index (χ1n) is 6.99. The molecule has 0 aliphatic carbocycles. The molecule has 1 unspecified atom stereocenters. The highest BCUT2D eigenvalue weighted by molar-refractivity contribution is 14.0. The van der Waals surface area contributed by atoms with Crippen molar-refractivity contribution in [2.45, 2.75) is 32.8 Å². The molecule has 122 valence electrons. The van der Waals surface area contributed by atoms with E-state index in [4.69, 9.17) is 4.74 Å². The maximum absolute atomic E-state index is 5.38. The third-order valence-electron chi connectivity index (χ3n) is 3.21. The van der Waals surface area contributed by atoms with Crippen molar-refractivity contribution in [1.29, 1.82) is 0 Å². The summed E-state index contributed by atoms with van der Waals surface area (Å²) in [7, 11) is 3.51. The zero-order valence-electron chi connectivity index (χ0n) is 13.6. The molecule has 1 aromatic rings. The lowest BCUT2D eigenvalue weighted by molar-refractivity contribution is 0.0268. The third kappa shape index (κ3) is 8.63. The second-order valence-electron chi connectivity index (χ2n) is 5.66. The lowest BCUT2D eigenvalue weighted by Gasteiger charge is -2.25. The molecule has 1 atom stereocenters. The van der Waals surface area contributed by atoms with Crippen LogP contribution in [-0.2, 0) is 11.2 Å². The molecule has 1 rings (SSSR count). The van der Waals surface area contributed by atoms with Crippen molar-refractivity contribution in [3.8, 4) is 0 Å². The lowest BCUT2D eigenvalue weighted by atomic mass is 10.1. The Morgan fingerprint density at radius 1 is 1.43 bits per heavy atom. The van der Waals surface area contributed by atoms with Crippen LogP contribution in [0.5, 0.6) is 0 Å². The molecule has 6 heteroatoms. The molecular weight excluding hydrogens is 397 g/mol. The molecular formula is C15H28IN3OS. The Morgan fingerprint density at radius 2 is 2.14 bits per heavy atom. The first kappa shape index (κ1) is 20.7. The van der Waals surface area contributed by atoms with Crippen LogP contribution in [0.3, 0.4) is 0 Å². The Labute approximate surface area is 149 Å². The van der Waals surface area contributed by atoms with E-state index in [1.165, 1.54) is 4.88 Å². The van der Waals surface area contributed by atoms with E-state index < -0.39 is 0 Å². The topological polar surface area (TPSA) is 45.7 Å². The summed E-state index contributed by atoms with van der Waals surface area (Å²) in [5.41, 5.74) is -0.194. The highest BCUT2D eigenvalue weighted by atomic mass is 127. The summed E-state index contributed by atoms with van der Waals surface area (Å²) < 4.78 is 5.38. The minimum absolute atomic E-state index is 0. The van der Waals surface area contributed by atoms with Gasteiger partial charge in [0.1, 0.15) is 0 Å². The number of aliphatic imine (C=N–C) groups is 1. The van der Waals surface area contributed by atoms with E-state index in [0.29, 0.717) is 5.92 Å². The van der Waals surface area contributed by atoms with Gasteiger partial charge in [-0.05, 0) is 37.6 Å². The molecule has 21 heavy (non-hydrogen) atoms. The van der Waals surface area contributed by atoms with E-state index in [0.717, 1.165) is 25.5 Å². The van der Waals surface area contributed by atoms with Gasteiger partial charge in [0.05, 0.1) is 5.60 Å². The number of hydrogen-bond donors (Lipinski definition) is 2. The van der Waals surface area contributed by atoms with Crippen LogP contribution < -0.4 is 10.6 Å². The molecule has 0 aliphatic rings. The summed E-state index contributed by atoms with van der Waals surface area (Å²) >= 11 is 1.82. The molecule has 0 spiro atoms. The summed E-state index contributed by atoms with van der Waals surface area (Å²) in [5, 5.41) is 8.79. The van der Waals surface area contributed by atoms with Crippen LogP contribution in [0.4, 0.5) is 0 Å². The van der Waals surface area contributed by atoms with E-state index in [1.54, 1.807) is 14.2 Å². The van der Waals surface area contributed by atoms with Crippen LogP contribution in [0.2, 0.25) is 0 Å². The fourth-order valence-electron chi connectivity index (χ4n) is 1.70. The molecule has 2 N–H and O–H groups in total. The van der Waals surface area contributed by atoms with E-state index in [1.807, 2.05) is 25.2 Å². The van der Waals surface area contributed by atoms with E-state index in [2.05, 4.69) is 40.1 Å². The van der Waals surface area contributed by atoms with Crippen molar-refractivity contribution in [2.24, 2.45) is 10.9 Å². The Morgan fingerprint density at radius 3 is 2.67 bits per heavy atom. The van der Waals surface area contributed by atoms with Crippen LogP contribution in [0.15, 0.2) is 22.5 Å². The number of ether oxygens (including phenoxy) is 1. The molecule has 0 amide bonds. The van der Waals surface area contributed by atoms with E-state index >= 15 is 0 Å². The van der Waals surface area contributed by atoms with Crippen LogP contribution in [-0.4, -0.2) is 38.8 Å². The van der Waals surface area contributed by atoms with Gasteiger partial charge in [-0.2, -0.15) is 0 Å². The van der Waals surface area contributed by atoms with Gasteiger partial charge in [-0.3, -0.25) is 4.99 Å². The van der Waals surface area contributed by atoms with Gasteiger partial charge < -0.3 is 15.4 Å². The fourth-order valence-corrected chi connectivity index (χ4v) is 2.57. The lowest BCUT2D eigenvalue weighted by Crippen LogP contribution is -2.46. The Hall–Kier alpha value is -0.340. The van der Waals surface area contributed by atoms with E-state index in [9.17, 15) is 0 Å². The molecule has 1 aromatic heterocycles. The van der Waals surface area contributed by atoms with Crippen molar-refractivity contribution >= 4 is 41.3 Å². The minimum atomic E-state index is -0.194. The van der Waals surface area contributed by atoms with Crippen molar-refractivity contribution in [2.75, 3.05) is 27.2 Å². The van der Waals surface area contributed by atoms with Gasteiger partial charge in [0.2, 0.25) is 0 Å². The van der Waals surface area contributed by atoms with Crippen LogP contribution in [0, 0.1) is 5.92 Å². The summed E-state index contributed by atoms with van der Waals surface area (Å²) in [6.45, 7) is 7.98. The number of thiophene rings is 1. The second-order valence-corrected chi connectivity index (χ2v) is 6.69. The van der Waals surface area contributed by atoms with E-state index in [-0.39, 0.29) is 29.6 Å². The smallest absolute Gasteiger partial charge is 0.191 e. The Bertz CT molecular complexity index is 407. The van der Waals surface area contributed by atoms with Gasteiger partial charge in [0, 0.05) is 32.1 Å². The average molecular weight is 425 g/mol. The van der Waals surface area contributed by atoms with Crippen molar-refractivity contribution < 1.29 is 4.74 Å². The van der Waals surface area contributed by atoms with Crippen molar-refractivity contribution in [3.05, 3.63) is 22.4 Å². The van der Waals surface area contributed by atoms with Crippen molar-refractivity contribution in [1.82, 2.24) is 10.6 Å². The number of nitrogens with zero attached hydrogens (tertiary/aromatic N) is 1. The van der Waals surface area contributed by atoms with Crippen LogP contribution >= 0.6 is 35.3 Å². The highest BCUT2D eigenvalue weighted by Crippen LogP contribution is 2.13. The molecule has 0 saturated heterocycles. The number of methoxy groups -OCH3 is 1.